The van der Waals surface area contributed by atoms with Gasteiger partial charge in [0.15, 0.2) is 4.34 Å². The van der Waals surface area contributed by atoms with Gasteiger partial charge in [-0.3, -0.25) is 5.32 Å². The number of nitrogens with one attached hydrogen (secondary N) is 2. The molecule has 1 heterocycles. The number of carbonyl (C=O) groups is 2. The number of amides is 2. The highest BCUT2D eigenvalue weighted by Crippen LogP contribution is 2.31. The highest BCUT2D eigenvalue weighted by molar-refractivity contribution is 8.02. The Kier molecular flexibility index (Phi) is 7.77. The Bertz CT molecular complexity index is 547. The number of carboxylic acids is 1. The molecule has 0 saturated heterocycles. The number of hydrogen-bond acceptors (Lipinski definition) is 7. The standard InChI is InChI=1S/C15H24N4O3S2/c1-2-3-9-11(12(20)21)23-15-19-18-14(24-15)17-13(22)16-10-7-5-4-6-8-10/h10-11H,2-9H2,1H3,(H,20,21)(H2,16,17,18,22)/p-1/t11-/m1/s1. The number of aliphatic carboxylic acids is 1. The van der Waals surface area contributed by atoms with E-state index in [2.05, 4.69) is 20.8 Å². The number of carboxylic acid groups (broad SMARTS) is 1. The minimum Gasteiger partial charge on any atom is -0.549 e. The molecule has 1 saturated carbocycles. The quantitative estimate of drug-likeness (QED) is 0.537. The Morgan fingerprint density at radius 1 is 1.33 bits per heavy atom. The topological polar surface area (TPSA) is 107 Å². The Morgan fingerprint density at radius 2 is 2.08 bits per heavy atom. The molecule has 1 aliphatic carbocycles. The molecule has 7 nitrogen and oxygen atoms in total. The lowest BCUT2D eigenvalue weighted by Gasteiger charge is -2.22. The third kappa shape index (κ3) is 6.27. The van der Waals surface area contributed by atoms with Gasteiger partial charge in [-0.2, -0.15) is 0 Å². The Hall–Kier alpha value is -1.35. The number of rotatable bonds is 8. The maximum Gasteiger partial charge on any atom is 0.321 e. The summed E-state index contributed by atoms with van der Waals surface area (Å²) in [6.45, 7) is 2.01. The second kappa shape index (κ2) is 9.83. The smallest absolute Gasteiger partial charge is 0.321 e. The second-order valence-electron chi connectivity index (χ2n) is 5.87. The SMILES string of the molecule is CCCC[C@@H](Sc1nnc(NC(=O)NC2CCCCC2)s1)C(=O)[O-]. The zero-order valence-electron chi connectivity index (χ0n) is 13.7. The zero-order valence-corrected chi connectivity index (χ0v) is 15.4. The molecule has 0 spiro atoms. The van der Waals surface area contributed by atoms with E-state index in [4.69, 9.17) is 0 Å². The molecule has 1 atom stereocenters. The molecule has 9 heteroatoms. The maximum atomic E-state index is 12.0. The predicted molar refractivity (Wildman–Crippen MR) is 93.1 cm³/mol. The molecule has 24 heavy (non-hydrogen) atoms. The summed E-state index contributed by atoms with van der Waals surface area (Å²) >= 11 is 2.31. The molecule has 0 bridgehead atoms. The van der Waals surface area contributed by atoms with E-state index < -0.39 is 11.2 Å². The summed E-state index contributed by atoms with van der Waals surface area (Å²) in [6, 6.07) is -0.0611. The van der Waals surface area contributed by atoms with Gasteiger partial charge in [0.1, 0.15) is 0 Å². The lowest BCUT2D eigenvalue weighted by molar-refractivity contribution is -0.304. The Balaban J connectivity index is 1.82. The molecule has 1 aromatic heterocycles. The van der Waals surface area contributed by atoms with Crippen molar-refractivity contribution >= 4 is 40.2 Å². The number of thioether (sulfide) groups is 1. The van der Waals surface area contributed by atoms with Crippen LogP contribution in [0, 0.1) is 0 Å². The third-order valence-corrected chi connectivity index (χ3v) is 6.06. The lowest BCUT2D eigenvalue weighted by Crippen LogP contribution is -2.38. The average Bonchev–Trinajstić information content (AvgIpc) is 2.99. The van der Waals surface area contributed by atoms with Crippen molar-refractivity contribution in [3.05, 3.63) is 0 Å². The average molecular weight is 372 g/mol. The van der Waals surface area contributed by atoms with Crippen molar-refractivity contribution in [3.8, 4) is 0 Å². The number of carbonyl (C=O) groups excluding carboxylic acids is 2. The minimum absolute atomic E-state index is 0.219. The largest absolute Gasteiger partial charge is 0.549 e. The molecule has 1 fully saturated rings. The van der Waals surface area contributed by atoms with Gasteiger partial charge in [-0.1, -0.05) is 62.1 Å². The first kappa shape index (κ1) is 19.0. The predicted octanol–water partition coefficient (Wildman–Crippen LogP) is 2.39. The van der Waals surface area contributed by atoms with Gasteiger partial charge in [0.05, 0.1) is 11.2 Å². The molecule has 1 aromatic rings. The van der Waals surface area contributed by atoms with Crippen LogP contribution in [0.4, 0.5) is 9.93 Å². The van der Waals surface area contributed by atoms with Crippen LogP contribution in [0.3, 0.4) is 0 Å². The lowest BCUT2D eigenvalue weighted by atomic mass is 9.96. The number of anilines is 1. The molecule has 0 radical (unpaired) electrons. The van der Waals surface area contributed by atoms with E-state index in [9.17, 15) is 14.7 Å². The fourth-order valence-electron chi connectivity index (χ4n) is 2.61. The van der Waals surface area contributed by atoms with Crippen LogP contribution < -0.4 is 15.7 Å². The highest BCUT2D eigenvalue weighted by atomic mass is 32.2. The Morgan fingerprint density at radius 3 is 2.75 bits per heavy atom. The van der Waals surface area contributed by atoms with Crippen LogP contribution in [0.5, 0.6) is 0 Å². The van der Waals surface area contributed by atoms with Crippen LogP contribution in [-0.4, -0.2) is 33.5 Å². The maximum absolute atomic E-state index is 12.0. The summed E-state index contributed by atoms with van der Waals surface area (Å²) in [5, 5.41) is 24.4. The second-order valence-corrected chi connectivity index (χ2v) is 8.30. The molecule has 2 N–H and O–H groups in total. The van der Waals surface area contributed by atoms with E-state index in [1.807, 2.05) is 6.92 Å². The van der Waals surface area contributed by atoms with Gasteiger partial charge in [-0.25, -0.2) is 4.79 Å². The van der Waals surface area contributed by atoms with Gasteiger partial charge in [-0.05, 0) is 19.3 Å². The summed E-state index contributed by atoms with van der Waals surface area (Å²) in [6.07, 6.45) is 7.82. The number of aromatic nitrogens is 2. The van der Waals surface area contributed by atoms with Crippen LogP contribution in [0.2, 0.25) is 0 Å². The van der Waals surface area contributed by atoms with Crippen molar-refractivity contribution in [2.75, 3.05) is 5.32 Å². The van der Waals surface area contributed by atoms with Gasteiger partial charge < -0.3 is 15.2 Å². The van der Waals surface area contributed by atoms with Crippen LogP contribution >= 0.6 is 23.1 Å². The molecule has 2 rings (SSSR count). The van der Waals surface area contributed by atoms with Crippen molar-refractivity contribution in [1.82, 2.24) is 15.5 Å². The first-order valence-electron chi connectivity index (χ1n) is 8.37. The fraction of sp³-hybridized carbons (Fsp3) is 0.733. The Labute approximate surface area is 150 Å². The molecule has 0 unspecified atom stereocenters. The van der Waals surface area contributed by atoms with E-state index in [1.54, 1.807) is 0 Å². The number of hydrogen-bond donors (Lipinski definition) is 2. The number of urea groups is 1. The molecular weight excluding hydrogens is 348 g/mol. The summed E-state index contributed by atoms with van der Waals surface area (Å²) in [5.74, 6) is -1.09. The van der Waals surface area contributed by atoms with Gasteiger partial charge in [0, 0.05) is 6.04 Å². The van der Waals surface area contributed by atoms with Crippen molar-refractivity contribution in [2.45, 2.75) is 73.9 Å². The highest BCUT2D eigenvalue weighted by Gasteiger charge is 2.18. The molecule has 134 valence electrons. The molecular formula is C15H23N4O3S2-. The van der Waals surface area contributed by atoms with Crippen molar-refractivity contribution in [1.29, 1.82) is 0 Å². The summed E-state index contributed by atoms with van der Waals surface area (Å²) in [4.78, 5) is 23.1. The van der Waals surface area contributed by atoms with Crippen molar-refractivity contribution in [3.63, 3.8) is 0 Å². The molecule has 0 aromatic carbocycles. The normalized spacial score (nSPS) is 16.5. The van der Waals surface area contributed by atoms with E-state index >= 15 is 0 Å². The third-order valence-electron chi connectivity index (χ3n) is 3.89. The zero-order chi connectivity index (χ0) is 17.4. The monoisotopic (exact) mass is 371 g/mol. The van der Waals surface area contributed by atoms with Gasteiger partial charge in [-0.15, -0.1) is 10.2 Å². The van der Waals surface area contributed by atoms with Gasteiger partial charge in [0.2, 0.25) is 5.13 Å². The molecule has 2 amide bonds. The van der Waals surface area contributed by atoms with Crippen LogP contribution in [-0.2, 0) is 4.79 Å². The first-order chi connectivity index (χ1) is 11.6. The fourth-order valence-corrected chi connectivity index (χ4v) is 4.57. The van der Waals surface area contributed by atoms with Crippen LogP contribution in [0.1, 0.15) is 58.3 Å². The molecule has 1 aliphatic rings. The van der Waals surface area contributed by atoms with E-state index in [0.717, 1.165) is 50.3 Å². The van der Waals surface area contributed by atoms with Gasteiger partial charge in [0.25, 0.3) is 0 Å². The van der Waals surface area contributed by atoms with E-state index in [1.165, 1.54) is 17.8 Å². The van der Waals surface area contributed by atoms with Gasteiger partial charge >= 0.3 is 6.03 Å². The van der Waals surface area contributed by atoms with E-state index in [-0.39, 0.29) is 12.1 Å². The van der Waals surface area contributed by atoms with Crippen LogP contribution in [0.25, 0.3) is 0 Å². The van der Waals surface area contributed by atoms with Crippen LogP contribution in [0.15, 0.2) is 4.34 Å². The number of nitrogens with zero attached hydrogens (tertiary/aromatic N) is 2. The first-order valence-corrected chi connectivity index (χ1v) is 10.1. The van der Waals surface area contributed by atoms with Crippen molar-refractivity contribution < 1.29 is 14.7 Å². The summed E-state index contributed by atoms with van der Waals surface area (Å²) in [7, 11) is 0. The van der Waals surface area contributed by atoms with Crippen molar-refractivity contribution in [2.24, 2.45) is 0 Å². The summed E-state index contributed by atoms with van der Waals surface area (Å²) in [5.41, 5.74) is 0. The summed E-state index contributed by atoms with van der Waals surface area (Å²) < 4.78 is 0.522. The van der Waals surface area contributed by atoms with E-state index in [0.29, 0.717) is 15.9 Å². The number of unbranched alkanes of at least 4 members (excludes halogenated alkanes) is 1. The molecule has 0 aliphatic heterocycles. The minimum atomic E-state index is -1.09.